The van der Waals surface area contributed by atoms with Crippen LogP contribution >= 0.6 is 27.7 Å². The molecule has 0 radical (unpaired) electrons. The zero-order valence-corrected chi connectivity index (χ0v) is 13.4. The first kappa shape index (κ1) is 14.4. The van der Waals surface area contributed by atoms with Crippen molar-refractivity contribution in [2.24, 2.45) is 0 Å². The number of hydrogen-bond acceptors (Lipinski definition) is 2. The van der Waals surface area contributed by atoms with Crippen LogP contribution in [0.2, 0.25) is 0 Å². The summed E-state index contributed by atoms with van der Waals surface area (Å²) in [6.45, 7) is 0. The van der Waals surface area contributed by atoms with Crippen molar-refractivity contribution in [1.82, 2.24) is 0 Å². The molecule has 0 unspecified atom stereocenters. The Morgan fingerprint density at radius 1 is 1.00 bits per heavy atom. The van der Waals surface area contributed by atoms with Gasteiger partial charge >= 0.3 is 0 Å². The highest BCUT2D eigenvalue weighted by Crippen LogP contribution is 2.35. The van der Waals surface area contributed by atoms with Crippen molar-refractivity contribution in [2.45, 2.75) is 10.6 Å². The van der Waals surface area contributed by atoms with Gasteiger partial charge in [-0.25, -0.2) is 4.39 Å². The lowest BCUT2D eigenvalue weighted by molar-refractivity contribution is 0.481. The number of hydrogen-bond donors (Lipinski definition) is 1. The lowest BCUT2D eigenvalue weighted by atomic mass is 10.1. The molecule has 0 atom stereocenters. The molecule has 0 saturated carbocycles. The van der Waals surface area contributed by atoms with Gasteiger partial charge < -0.3 is 5.11 Å². The quantitative estimate of drug-likeness (QED) is 0.599. The third-order valence-electron chi connectivity index (χ3n) is 3.25. The van der Waals surface area contributed by atoms with Crippen LogP contribution < -0.4 is 0 Å². The van der Waals surface area contributed by atoms with Gasteiger partial charge in [0.25, 0.3) is 0 Å². The summed E-state index contributed by atoms with van der Waals surface area (Å²) in [6, 6.07) is 16.0. The molecule has 106 valence electrons. The van der Waals surface area contributed by atoms with Gasteiger partial charge in [0.15, 0.2) is 0 Å². The maximum atomic E-state index is 13.3. The molecule has 3 aromatic rings. The molecule has 0 aliphatic heterocycles. The minimum atomic E-state index is -0.232. The molecule has 0 amide bonds. The van der Waals surface area contributed by atoms with Crippen molar-refractivity contribution >= 4 is 38.5 Å². The predicted octanol–water partition coefficient (Wildman–Crippen LogP) is 5.74. The van der Waals surface area contributed by atoms with Crippen molar-refractivity contribution in [1.29, 1.82) is 0 Å². The van der Waals surface area contributed by atoms with E-state index in [4.69, 9.17) is 0 Å². The van der Waals surface area contributed by atoms with E-state index in [0.29, 0.717) is 5.75 Å². The molecule has 4 heteroatoms. The first-order valence-electron chi connectivity index (χ1n) is 6.42. The highest BCUT2D eigenvalue weighted by atomic mass is 79.9. The third kappa shape index (κ3) is 3.06. The molecule has 0 bridgehead atoms. The van der Waals surface area contributed by atoms with Crippen molar-refractivity contribution in [3.8, 4) is 5.75 Å². The number of phenols is 1. The van der Waals surface area contributed by atoms with E-state index in [9.17, 15) is 9.50 Å². The molecule has 0 fully saturated rings. The molecule has 0 spiro atoms. The second kappa shape index (κ2) is 6.08. The monoisotopic (exact) mass is 362 g/mol. The summed E-state index contributed by atoms with van der Waals surface area (Å²) in [5, 5.41) is 11.7. The lowest BCUT2D eigenvalue weighted by Gasteiger charge is -2.09. The molecule has 0 aromatic heterocycles. The fraction of sp³-hybridized carbons (Fsp3) is 0.0588. The predicted molar refractivity (Wildman–Crippen MR) is 89.3 cm³/mol. The Bertz CT molecular complexity index is 804. The van der Waals surface area contributed by atoms with Crippen LogP contribution in [0, 0.1) is 5.82 Å². The van der Waals surface area contributed by atoms with E-state index in [0.717, 1.165) is 25.7 Å². The minimum Gasteiger partial charge on any atom is -0.507 e. The van der Waals surface area contributed by atoms with E-state index in [1.807, 2.05) is 30.3 Å². The fourth-order valence-electron chi connectivity index (χ4n) is 2.19. The average molecular weight is 363 g/mol. The Labute approximate surface area is 134 Å². The molecular formula is C17H12BrFOS. The average Bonchev–Trinajstić information content (AvgIpc) is 2.50. The Balaban J connectivity index is 1.92. The van der Waals surface area contributed by atoms with Gasteiger partial charge in [0.2, 0.25) is 0 Å². The topological polar surface area (TPSA) is 20.2 Å². The Kier molecular flexibility index (Phi) is 4.17. The van der Waals surface area contributed by atoms with Crippen molar-refractivity contribution in [3.05, 3.63) is 70.5 Å². The van der Waals surface area contributed by atoms with Crippen LogP contribution in [0.25, 0.3) is 10.8 Å². The molecule has 0 saturated heterocycles. The first-order valence-corrected chi connectivity index (χ1v) is 8.20. The Morgan fingerprint density at radius 3 is 2.57 bits per heavy atom. The highest BCUT2D eigenvalue weighted by molar-refractivity contribution is 9.10. The van der Waals surface area contributed by atoms with Crippen LogP contribution in [0.3, 0.4) is 0 Å². The smallest absolute Gasteiger partial charge is 0.123 e. The summed E-state index contributed by atoms with van der Waals surface area (Å²) in [4.78, 5) is 1.07. The molecular weight excluding hydrogens is 351 g/mol. The number of thioether (sulfide) groups is 1. The van der Waals surface area contributed by atoms with Crippen molar-refractivity contribution < 1.29 is 9.50 Å². The van der Waals surface area contributed by atoms with Gasteiger partial charge in [0, 0.05) is 20.5 Å². The Morgan fingerprint density at radius 2 is 1.76 bits per heavy atom. The number of phenolic OH excluding ortho intramolecular Hbond substituents is 1. The van der Waals surface area contributed by atoms with Crippen LogP contribution in [0.5, 0.6) is 5.75 Å². The number of benzene rings is 3. The van der Waals surface area contributed by atoms with Crippen LogP contribution in [-0.4, -0.2) is 5.11 Å². The van der Waals surface area contributed by atoms with E-state index < -0.39 is 0 Å². The summed E-state index contributed by atoms with van der Waals surface area (Å²) in [6.07, 6.45) is 0. The fourth-order valence-corrected chi connectivity index (χ4v) is 3.81. The van der Waals surface area contributed by atoms with Gasteiger partial charge in [-0.15, -0.1) is 11.8 Å². The minimum absolute atomic E-state index is 0.232. The van der Waals surface area contributed by atoms with E-state index >= 15 is 0 Å². The van der Waals surface area contributed by atoms with Crippen molar-refractivity contribution in [2.75, 3.05) is 0 Å². The van der Waals surface area contributed by atoms with E-state index in [-0.39, 0.29) is 11.6 Å². The summed E-state index contributed by atoms with van der Waals surface area (Å²) in [5.74, 6) is 0.707. The molecule has 3 aromatic carbocycles. The van der Waals surface area contributed by atoms with Crippen molar-refractivity contribution in [3.63, 3.8) is 0 Å². The first-order chi connectivity index (χ1) is 10.1. The lowest BCUT2D eigenvalue weighted by Crippen LogP contribution is -1.86. The zero-order valence-electron chi connectivity index (χ0n) is 11.0. The standard InChI is InChI=1S/C17H12BrFOS/c18-15-6-5-12(19)9-11(15)10-21-17-8-7-16(20)13-3-1-2-4-14(13)17/h1-9,20H,10H2. The van der Waals surface area contributed by atoms with Crippen LogP contribution in [0.4, 0.5) is 4.39 Å². The van der Waals surface area contributed by atoms with Gasteiger partial charge in [0.1, 0.15) is 11.6 Å². The van der Waals surface area contributed by atoms with E-state index in [1.54, 1.807) is 30.0 Å². The SMILES string of the molecule is Oc1ccc(SCc2cc(F)ccc2Br)c2ccccc12. The summed E-state index contributed by atoms with van der Waals surface area (Å²) in [5.41, 5.74) is 0.914. The normalized spacial score (nSPS) is 11.0. The molecule has 21 heavy (non-hydrogen) atoms. The van der Waals surface area contributed by atoms with Crippen LogP contribution in [0.15, 0.2) is 64.0 Å². The van der Waals surface area contributed by atoms with E-state index in [2.05, 4.69) is 15.9 Å². The molecule has 0 heterocycles. The second-order valence-corrected chi connectivity index (χ2v) is 6.52. The molecule has 0 aliphatic rings. The number of fused-ring (bicyclic) bond motifs is 1. The maximum Gasteiger partial charge on any atom is 0.123 e. The molecule has 1 N–H and O–H groups in total. The van der Waals surface area contributed by atoms with E-state index in [1.165, 1.54) is 6.07 Å². The summed E-state index contributed by atoms with van der Waals surface area (Å²) in [7, 11) is 0. The summed E-state index contributed by atoms with van der Waals surface area (Å²) < 4.78 is 14.2. The molecule has 3 rings (SSSR count). The largest absolute Gasteiger partial charge is 0.507 e. The van der Waals surface area contributed by atoms with Gasteiger partial charge in [-0.3, -0.25) is 0 Å². The molecule has 1 nitrogen and oxygen atoms in total. The summed E-state index contributed by atoms with van der Waals surface area (Å²) >= 11 is 5.07. The van der Waals surface area contributed by atoms with Gasteiger partial charge in [-0.05, 0) is 41.3 Å². The highest BCUT2D eigenvalue weighted by Gasteiger charge is 2.07. The third-order valence-corrected chi connectivity index (χ3v) is 5.15. The van der Waals surface area contributed by atoms with Crippen LogP contribution in [-0.2, 0) is 5.75 Å². The van der Waals surface area contributed by atoms with Gasteiger partial charge in [-0.2, -0.15) is 0 Å². The number of rotatable bonds is 3. The number of halogens is 2. The maximum absolute atomic E-state index is 13.3. The number of aromatic hydroxyl groups is 1. The van der Waals surface area contributed by atoms with Crippen LogP contribution in [0.1, 0.15) is 5.56 Å². The van der Waals surface area contributed by atoms with Gasteiger partial charge in [-0.1, -0.05) is 40.2 Å². The zero-order chi connectivity index (χ0) is 14.8. The molecule has 0 aliphatic carbocycles. The second-order valence-electron chi connectivity index (χ2n) is 4.65. The Hall–Kier alpha value is -1.52. The van der Waals surface area contributed by atoms with Gasteiger partial charge in [0.05, 0.1) is 0 Å².